The molecule has 9 heteroatoms. The van der Waals surface area contributed by atoms with Crippen LogP contribution in [0.2, 0.25) is 0 Å². The normalized spacial score (nSPS) is 20.3. The van der Waals surface area contributed by atoms with Crippen LogP contribution >= 0.6 is 0 Å². The molecule has 1 saturated carbocycles. The van der Waals surface area contributed by atoms with Crippen molar-refractivity contribution in [1.29, 1.82) is 0 Å². The van der Waals surface area contributed by atoms with E-state index in [1.54, 1.807) is 10.9 Å². The van der Waals surface area contributed by atoms with Gasteiger partial charge >= 0.3 is 0 Å². The SMILES string of the molecule is Cn1cc(-c2nc([C@@H]3CCCCCN3C(=O)c3cc(C4CC4)[nH]n3)no2)cn1. The number of H-pyrrole nitrogens is 1. The first-order valence-electron chi connectivity index (χ1n) is 9.88. The molecule has 3 aromatic heterocycles. The molecule has 146 valence electrons. The zero-order valence-corrected chi connectivity index (χ0v) is 15.8. The highest BCUT2D eigenvalue weighted by Crippen LogP contribution is 2.39. The molecular formula is C19H23N7O2. The van der Waals surface area contributed by atoms with E-state index in [4.69, 9.17) is 4.52 Å². The predicted octanol–water partition coefficient (Wildman–Crippen LogP) is 2.83. The molecule has 28 heavy (non-hydrogen) atoms. The van der Waals surface area contributed by atoms with Crippen LogP contribution in [0.4, 0.5) is 0 Å². The van der Waals surface area contributed by atoms with Crippen molar-refractivity contribution in [3.63, 3.8) is 0 Å². The summed E-state index contributed by atoms with van der Waals surface area (Å²) >= 11 is 0. The maximum atomic E-state index is 13.2. The van der Waals surface area contributed by atoms with Gasteiger partial charge in [0.05, 0.1) is 17.8 Å². The number of aryl methyl sites for hydroxylation is 1. The molecular weight excluding hydrogens is 358 g/mol. The predicted molar refractivity (Wildman–Crippen MR) is 99.3 cm³/mol. The highest BCUT2D eigenvalue weighted by atomic mass is 16.5. The molecule has 2 fully saturated rings. The minimum Gasteiger partial charge on any atom is -0.334 e. The third kappa shape index (κ3) is 3.21. The van der Waals surface area contributed by atoms with Gasteiger partial charge in [-0.15, -0.1) is 0 Å². The number of rotatable bonds is 4. The van der Waals surface area contributed by atoms with E-state index in [1.165, 1.54) is 12.8 Å². The molecule has 9 nitrogen and oxygen atoms in total. The van der Waals surface area contributed by atoms with Crippen LogP contribution in [0, 0.1) is 0 Å². The third-order valence-electron chi connectivity index (χ3n) is 5.54. The van der Waals surface area contributed by atoms with Crippen molar-refractivity contribution in [2.45, 2.75) is 50.5 Å². The molecule has 0 aromatic carbocycles. The molecule has 5 rings (SSSR count). The van der Waals surface area contributed by atoms with Crippen molar-refractivity contribution in [1.82, 2.24) is 35.0 Å². The van der Waals surface area contributed by atoms with E-state index in [0.717, 1.165) is 36.9 Å². The Labute approximate surface area is 162 Å². The minimum atomic E-state index is -0.203. The first-order valence-corrected chi connectivity index (χ1v) is 9.88. The summed E-state index contributed by atoms with van der Waals surface area (Å²) in [5.74, 6) is 1.44. The van der Waals surface area contributed by atoms with Crippen molar-refractivity contribution in [2.24, 2.45) is 7.05 Å². The highest BCUT2D eigenvalue weighted by molar-refractivity contribution is 5.92. The number of amides is 1. The molecule has 0 radical (unpaired) electrons. The molecule has 1 aliphatic carbocycles. The lowest BCUT2D eigenvalue weighted by atomic mass is 10.1. The summed E-state index contributed by atoms with van der Waals surface area (Å²) in [6, 6.07) is 1.70. The van der Waals surface area contributed by atoms with Gasteiger partial charge in [-0.1, -0.05) is 18.0 Å². The molecule has 4 heterocycles. The first-order chi connectivity index (χ1) is 13.7. The second-order valence-electron chi connectivity index (χ2n) is 7.71. The van der Waals surface area contributed by atoms with Crippen LogP contribution in [0.3, 0.4) is 0 Å². The second kappa shape index (κ2) is 6.88. The number of aromatic amines is 1. The molecule has 1 aliphatic heterocycles. The lowest BCUT2D eigenvalue weighted by molar-refractivity contribution is 0.0664. The van der Waals surface area contributed by atoms with Crippen molar-refractivity contribution >= 4 is 5.91 Å². The third-order valence-corrected chi connectivity index (χ3v) is 5.54. The number of likely N-dealkylation sites (tertiary alicyclic amines) is 1. The molecule has 1 atom stereocenters. The van der Waals surface area contributed by atoms with Gasteiger partial charge in [0.25, 0.3) is 11.8 Å². The molecule has 1 amide bonds. The summed E-state index contributed by atoms with van der Waals surface area (Å²) in [7, 11) is 1.84. The second-order valence-corrected chi connectivity index (χ2v) is 7.71. The maximum Gasteiger partial charge on any atom is 0.274 e. The molecule has 0 unspecified atom stereocenters. The lowest BCUT2D eigenvalue weighted by Crippen LogP contribution is -2.35. The fourth-order valence-electron chi connectivity index (χ4n) is 3.84. The number of hydrogen-bond donors (Lipinski definition) is 1. The summed E-state index contributed by atoms with van der Waals surface area (Å²) in [6.45, 7) is 0.673. The summed E-state index contributed by atoms with van der Waals surface area (Å²) in [4.78, 5) is 19.7. The fraction of sp³-hybridized carbons (Fsp3) is 0.526. The van der Waals surface area contributed by atoms with E-state index in [1.807, 2.05) is 24.2 Å². The topological polar surface area (TPSA) is 106 Å². The zero-order valence-electron chi connectivity index (χ0n) is 15.8. The number of aromatic nitrogens is 6. The van der Waals surface area contributed by atoms with Gasteiger partial charge in [0.1, 0.15) is 5.69 Å². The van der Waals surface area contributed by atoms with E-state index in [2.05, 4.69) is 25.4 Å². The number of nitrogens with zero attached hydrogens (tertiary/aromatic N) is 6. The Hall–Kier alpha value is -2.97. The summed E-state index contributed by atoms with van der Waals surface area (Å²) in [5, 5.41) is 15.6. The average molecular weight is 381 g/mol. The Morgan fingerprint density at radius 2 is 2.14 bits per heavy atom. The van der Waals surface area contributed by atoms with Gasteiger partial charge in [-0.3, -0.25) is 14.6 Å². The van der Waals surface area contributed by atoms with E-state index in [0.29, 0.717) is 29.9 Å². The monoisotopic (exact) mass is 381 g/mol. The van der Waals surface area contributed by atoms with Gasteiger partial charge in [-0.05, 0) is 31.7 Å². The van der Waals surface area contributed by atoms with Crippen molar-refractivity contribution < 1.29 is 9.32 Å². The molecule has 1 saturated heterocycles. The van der Waals surface area contributed by atoms with Crippen LogP contribution in [0.25, 0.3) is 11.5 Å². The van der Waals surface area contributed by atoms with Crippen LogP contribution < -0.4 is 0 Å². The van der Waals surface area contributed by atoms with Crippen molar-refractivity contribution in [2.75, 3.05) is 6.54 Å². The van der Waals surface area contributed by atoms with E-state index < -0.39 is 0 Å². The Morgan fingerprint density at radius 1 is 1.25 bits per heavy atom. The van der Waals surface area contributed by atoms with Gasteiger partial charge in [0.15, 0.2) is 5.82 Å². The molecule has 0 bridgehead atoms. The fourth-order valence-corrected chi connectivity index (χ4v) is 3.84. The number of carbonyl (C=O) groups is 1. The van der Waals surface area contributed by atoms with Crippen LogP contribution in [0.1, 0.15) is 72.5 Å². The van der Waals surface area contributed by atoms with Gasteiger partial charge in [-0.25, -0.2) is 0 Å². The molecule has 1 N–H and O–H groups in total. The lowest BCUT2D eigenvalue weighted by Gasteiger charge is -2.27. The summed E-state index contributed by atoms with van der Waals surface area (Å²) < 4.78 is 7.15. The van der Waals surface area contributed by atoms with Gasteiger partial charge in [0, 0.05) is 31.4 Å². The minimum absolute atomic E-state index is 0.0669. The number of nitrogens with one attached hydrogen (secondary N) is 1. The van der Waals surface area contributed by atoms with Crippen LogP contribution in [-0.4, -0.2) is 47.5 Å². The summed E-state index contributed by atoms with van der Waals surface area (Å²) in [6.07, 6.45) is 9.75. The Bertz CT molecular complexity index is 984. The van der Waals surface area contributed by atoms with Crippen molar-refractivity contribution in [3.8, 4) is 11.5 Å². The number of carbonyl (C=O) groups excluding carboxylic acids is 1. The standard InChI is InChI=1S/C19H23N7O2/c1-25-11-13(10-20-25)18-21-17(24-28-18)16-5-3-2-4-8-26(16)19(27)15-9-14(22-23-15)12-6-7-12/h9-12,16H,2-8H2,1H3,(H,22,23)/t16-/m0/s1. The smallest absolute Gasteiger partial charge is 0.274 e. The first kappa shape index (κ1) is 17.2. The van der Waals surface area contributed by atoms with E-state index in [9.17, 15) is 4.79 Å². The van der Waals surface area contributed by atoms with Gasteiger partial charge < -0.3 is 9.42 Å². The molecule has 2 aliphatic rings. The molecule has 0 spiro atoms. The Morgan fingerprint density at radius 3 is 2.93 bits per heavy atom. The van der Waals surface area contributed by atoms with Crippen LogP contribution in [0.15, 0.2) is 23.0 Å². The summed E-state index contributed by atoms with van der Waals surface area (Å²) in [5.41, 5.74) is 2.31. The quantitative estimate of drug-likeness (QED) is 0.745. The Balaban J connectivity index is 1.42. The highest BCUT2D eigenvalue weighted by Gasteiger charge is 2.33. The Kier molecular flexibility index (Phi) is 4.22. The number of hydrogen-bond acceptors (Lipinski definition) is 6. The largest absolute Gasteiger partial charge is 0.334 e. The van der Waals surface area contributed by atoms with Crippen LogP contribution in [0.5, 0.6) is 0 Å². The van der Waals surface area contributed by atoms with Gasteiger partial charge in [-0.2, -0.15) is 15.2 Å². The van der Waals surface area contributed by atoms with Crippen molar-refractivity contribution in [3.05, 3.63) is 35.7 Å². The van der Waals surface area contributed by atoms with E-state index in [-0.39, 0.29) is 11.9 Å². The van der Waals surface area contributed by atoms with E-state index >= 15 is 0 Å². The zero-order chi connectivity index (χ0) is 19.1. The average Bonchev–Trinajstić information content (AvgIpc) is 3.09. The maximum absolute atomic E-state index is 13.2. The van der Waals surface area contributed by atoms with Crippen LogP contribution in [-0.2, 0) is 7.05 Å². The van der Waals surface area contributed by atoms with Gasteiger partial charge in [0.2, 0.25) is 0 Å². The molecule has 3 aromatic rings.